The van der Waals surface area contributed by atoms with Crippen molar-refractivity contribution in [2.24, 2.45) is 0 Å². The van der Waals surface area contributed by atoms with Crippen LogP contribution in [0.4, 0.5) is 5.69 Å². The van der Waals surface area contributed by atoms with Gasteiger partial charge >= 0.3 is 5.63 Å². The van der Waals surface area contributed by atoms with E-state index in [9.17, 15) is 9.90 Å². The molecular weight excluding hydrogens is 170 g/mol. The molecule has 66 valence electrons. The lowest BCUT2D eigenvalue weighted by Crippen LogP contribution is -1.95. The molecule has 0 fully saturated rings. The Balaban J connectivity index is 2.89. The van der Waals surface area contributed by atoms with Gasteiger partial charge in [0.05, 0.1) is 5.69 Å². The fourth-order valence-corrected chi connectivity index (χ4v) is 1.12. The minimum Gasteiger partial charge on any atom is -0.506 e. The second-order valence-corrected chi connectivity index (χ2v) is 2.70. The summed E-state index contributed by atoms with van der Waals surface area (Å²) in [6.07, 6.45) is 0. The second kappa shape index (κ2) is 2.52. The molecule has 0 amide bonds. The zero-order chi connectivity index (χ0) is 9.42. The van der Waals surface area contributed by atoms with Gasteiger partial charge in [-0.05, 0) is 12.1 Å². The molecule has 0 unspecified atom stereocenters. The van der Waals surface area contributed by atoms with Gasteiger partial charge in [-0.25, -0.2) is 4.79 Å². The van der Waals surface area contributed by atoms with Crippen molar-refractivity contribution in [1.29, 1.82) is 0 Å². The van der Waals surface area contributed by atoms with E-state index >= 15 is 0 Å². The Morgan fingerprint density at radius 1 is 1.31 bits per heavy atom. The topological polar surface area (TPSA) is 76.5 Å². The Kier molecular flexibility index (Phi) is 1.48. The summed E-state index contributed by atoms with van der Waals surface area (Å²) in [7, 11) is 0. The van der Waals surface area contributed by atoms with Crippen LogP contribution in [0, 0.1) is 0 Å². The fourth-order valence-electron chi connectivity index (χ4n) is 1.12. The maximum absolute atomic E-state index is 10.8. The average Bonchev–Trinajstić information content (AvgIpc) is 2.08. The van der Waals surface area contributed by atoms with E-state index in [1.165, 1.54) is 12.1 Å². The van der Waals surface area contributed by atoms with Gasteiger partial charge in [0.2, 0.25) is 0 Å². The Morgan fingerprint density at radius 3 is 2.85 bits per heavy atom. The summed E-state index contributed by atoms with van der Waals surface area (Å²) >= 11 is 0. The molecule has 0 saturated carbocycles. The van der Waals surface area contributed by atoms with Gasteiger partial charge in [0.25, 0.3) is 0 Å². The predicted molar refractivity (Wildman–Crippen MR) is 48.6 cm³/mol. The average molecular weight is 177 g/mol. The lowest BCUT2D eigenvalue weighted by Gasteiger charge is -1.99. The molecule has 2 rings (SSSR count). The van der Waals surface area contributed by atoms with Gasteiger partial charge in [-0.3, -0.25) is 0 Å². The van der Waals surface area contributed by atoms with Crippen molar-refractivity contribution in [2.45, 2.75) is 0 Å². The molecule has 13 heavy (non-hydrogen) atoms. The first kappa shape index (κ1) is 7.67. The molecule has 4 heteroatoms. The minimum absolute atomic E-state index is 0.0816. The lowest BCUT2D eigenvalue weighted by molar-refractivity contribution is 0.475. The van der Waals surface area contributed by atoms with Crippen molar-refractivity contribution >= 4 is 16.7 Å². The van der Waals surface area contributed by atoms with Gasteiger partial charge < -0.3 is 15.3 Å². The molecule has 2 aromatic rings. The van der Waals surface area contributed by atoms with Crippen LogP contribution >= 0.6 is 0 Å². The van der Waals surface area contributed by atoms with Crippen LogP contribution in [0.5, 0.6) is 5.75 Å². The summed E-state index contributed by atoms with van der Waals surface area (Å²) in [6.45, 7) is 0. The maximum atomic E-state index is 10.8. The van der Waals surface area contributed by atoms with Crippen molar-refractivity contribution in [2.75, 3.05) is 5.73 Å². The van der Waals surface area contributed by atoms with Crippen LogP contribution in [0.2, 0.25) is 0 Å². The van der Waals surface area contributed by atoms with Crippen molar-refractivity contribution in [3.63, 3.8) is 0 Å². The first-order chi connectivity index (χ1) is 6.16. The summed E-state index contributed by atoms with van der Waals surface area (Å²) in [5, 5.41) is 9.91. The van der Waals surface area contributed by atoms with Crippen molar-refractivity contribution in [3.05, 3.63) is 34.7 Å². The third-order valence-electron chi connectivity index (χ3n) is 1.77. The molecule has 3 N–H and O–H groups in total. The fraction of sp³-hybridized carbons (Fsp3) is 0. The Labute approximate surface area is 73.2 Å². The van der Waals surface area contributed by atoms with Crippen LogP contribution in [0.25, 0.3) is 11.0 Å². The van der Waals surface area contributed by atoms with E-state index in [0.717, 1.165) is 0 Å². The van der Waals surface area contributed by atoms with Gasteiger partial charge in [-0.15, -0.1) is 0 Å². The summed E-state index contributed by atoms with van der Waals surface area (Å²) in [6, 6.07) is 5.77. The van der Waals surface area contributed by atoms with E-state index in [1.54, 1.807) is 12.1 Å². The zero-order valence-corrected chi connectivity index (χ0v) is 6.65. The molecule has 0 spiro atoms. The molecule has 1 heterocycles. The second-order valence-electron chi connectivity index (χ2n) is 2.70. The van der Waals surface area contributed by atoms with Gasteiger partial charge in [0.15, 0.2) is 0 Å². The summed E-state index contributed by atoms with van der Waals surface area (Å²) < 4.78 is 4.83. The molecule has 0 aliphatic carbocycles. The smallest absolute Gasteiger partial charge is 0.336 e. The highest BCUT2D eigenvalue weighted by molar-refractivity contribution is 5.83. The van der Waals surface area contributed by atoms with Gasteiger partial charge in [-0.2, -0.15) is 0 Å². The van der Waals surface area contributed by atoms with Crippen molar-refractivity contribution in [1.82, 2.24) is 0 Å². The van der Waals surface area contributed by atoms with Crippen LogP contribution < -0.4 is 11.4 Å². The van der Waals surface area contributed by atoms with Crippen LogP contribution in [0.3, 0.4) is 0 Å². The Hall–Kier alpha value is -1.97. The zero-order valence-electron chi connectivity index (χ0n) is 6.65. The lowest BCUT2D eigenvalue weighted by atomic mass is 10.2. The third kappa shape index (κ3) is 1.22. The monoisotopic (exact) mass is 177 g/mol. The molecular formula is C9H7NO3. The van der Waals surface area contributed by atoms with E-state index in [-0.39, 0.29) is 11.4 Å². The largest absolute Gasteiger partial charge is 0.506 e. The number of anilines is 1. The summed E-state index contributed by atoms with van der Waals surface area (Å²) in [4.78, 5) is 10.8. The van der Waals surface area contributed by atoms with E-state index in [0.29, 0.717) is 11.0 Å². The highest BCUT2D eigenvalue weighted by Gasteiger charge is 2.01. The highest BCUT2D eigenvalue weighted by Crippen LogP contribution is 2.25. The molecule has 1 aromatic heterocycles. The number of hydrogen-bond acceptors (Lipinski definition) is 4. The number of phenolic OH excluding ortho intramolecular Hbond substituents is 1. The predicted octanol–water partition coefficient (Wildman–Crippen LogP) is 1.08. The molecule has 0 radical (unpaired) electrons. The van der Waals surface area contributed by atoms with E-state index in [2.05, 4.69) is 0 Å². The number of nitrogens with two attached hydrogens (primary N) is 1. The number of rotatable bonds is 0. The van der Waals surface area contributed by atoms with E-state index in [1.807, 2.05) is 0 Å². The molecule has 0 bridgehead atoms. The third-order valence-corrected chi connectivity index (χ3v) is 1.77. The molecule has 1 aromatic carbocycles. The first-order valence-electron chi connectivity index (χ1n) is 3.69. The highest BCUT2D eigenvalue weighted by atomic mass is 16.4. The number of benzene rings is 1. The summed E-state index contributed by atoms with van der Waals surface area (Å²) in [5.74, 6) is -0.0816. The van der Waals surface area contributed by atoms with Crippen molar-refractivity contribution < 1.29 is 9.52 Å². The quantitative estimate of drug-likeness (QED) is 0.358. The maximum Gasteiger partial charge on any atom is 0.336 e. The van der Waals surface area contributed by atoms with Crippen LogP contribution in [-0.2, 0) is 0 Å². The van der Waals surface area contributed by atoms with Gasteiger partial charge in [0, 0.05) is 17.5 Å². The number of phenols is 1. The van der Waals surface area contributed by atoms with Gasteiger partial charge in [-0.1, -0.05) is 0 Å². The number of aromatic hydroxyl groups is 1. The van der Waals surface area contributed by atoms with E-state index < -0.39 is 5.63 Å². The molecule has 0 atom stereocenters. The molecule has 4 nitrogen and oxygen atoms in total. The van der Waals surface area contributed by atoms with Gasteiger partial charge in [0.1, 0.15) is 11.3 Å². The standard InChI is InChI=1S/C9H7NO3/c10-6-3-5-1-2-9(12)13-8(5)4-7(6)11/h1-4,11H,10H2. The first-order valence-corrected chi connectivity index (χ1v) is 3.69. The SMILES string of the molecule is Nc1cc2ccc(=O)oc2cc1O. The number of fused-ring (bicyclic) bond motifs is 1. The Bertz CT molecular complexity index is 516. The van der Waals surface area contributed by atoms with E-state index in [4.69, 9.17) is 10.2 Å². The Morgan fingerprint density at radius 2 is 2.08 bits per heavy atom. The minimum atomic E-state index is -0.448. The molecule has 0 aliphatic heterocycles. The molecule has 0 saturated heterocycles. The normalized spacial score (nSPS) is 10.5. The van der Waals surface area contributed by atoms with Crippen LogP contribution in [-0.4, -0.2) is 5.11 Å². The number of hydrogen-bond donors (Lipinski definition) is 2. The van der Waals surface area contributed by atoms with Crippen molar-refractivity contribution in [3.8, 4) is 5.75 Å². The van der Waals surface area contributed by atoms with Crippen LogP contribution in [0.1, 0.15) is 0 Å². The number of nitrogen functional groups attached to an aromatic ring is 1. The summed E-state index contributed by atoms with van der Waals surface area (Å²) in [5.41, 5.74) is 5.60. The molecule has 0 aliphatic rings. The van der Waals surface area contributed by atoms with Crippen LogP contribution in [0.15, 0.2) is 33.5 Å².